The van der Waals surface area contributed by atoms with Crippen LogP contribution in [0, 0.1) is 5.92 Å². The van der Waals surface area contributed by atoms with E-state index < -0.39 is 0 Å². The largest absolute Gasteiger partial charge is 0.467 e. The molecule has 1 aliphatic heterocycles. The zero-order chi connectivity index (χ0) is 12.8. The van der Waals surface area contributed by atoms with Crippen molar-refractivity contribution in [3.63, 3.8) is 0 Å². The number of hydrogen-bond acceptors (Lipinski definition) is 4. The predicted molar refractivity (Wildman–Crippen MR) is 69.3 cm³/mol. The van der Waals surface area contributed by atoms with E-state index in [2.05, 4.69) is 19.2 Å². The number of rotatable bonds is 7. The number of hydrogen-bond donors (Lipinski definition) is 1. The molecule has 0 spiro atoms. The summed E-state index contributed by atoms with van der Waals surface area (Å²) in [5.41, 5.74) is 1.19. The van der Waals surface area contributed by atoms with Gasteiger partial charge >= 0.3 is 0 Å². The van der Waals surface area contributed by atoms with Gasteiger partial charge in [-0.1, -0.05) is 13.8 Å². The van der Waals surface area contributed by atoms with Gasteiger partial charge in [0.05, 0.1) is 19.5 Å². The van der Waals surface area contributed by atoms with Gasteiger partial charge in [0.25, 0.3) is 0 Å². The zero-order valence-corrected chi connectivity index (χ0v) is 11.3. The average molecular weight is 253 g/mol. The van der Waals surface area contributed by atoms with Crippen molar-refractivity contribution in [2.24, 2.45) is 5.92 Å². The van der Waals surface area contributed by atoms with Crippen LogP contribution in [0.3, 0.4) is 0 Å². The number of furan rings is 1. The van der Waals surface area contributed by atoms with Crippen molar-refractivity contribution in [2.75, 3.05) is 19.8 Å². The first kappa shape index (κ1) is 13.6. The molecule has 18 heavy (non-hydrogen) atoms. The van der Waals surface area contributed by atoms with E-state index in [4.69, 9.17) is 13.9 Å². The maximum atomic E-state index is 5.71. The van der Waals surface area contributed by atoms with Crippen LogP contribution in [0.2, 0.25) is 0 Å². The number of ether oxygens (including phenoxy) is 2. The summed E-state index contributed by atoms with van der Waals surface area (Å²) in [5.74, 6) is 1.49. The van der Waals surface area contributed by atoms with Crippen molar-refractivity contribution in [1.29, 1.82) is 0 Å². The van der Waals surface area contributed by atoms with E-state index in [1.807, 2.05) is 6.07 Å². The Morgan fingerprint density at radius 3 is 3.11 bits per heavy atom. The summed E-state index contributed by atoms with van der Waals surface area (Å²) in [5, 5.41) is 3.38. The number of nitrogens with one attached hydrogen (secondary N) is 1. The molecule has 2 heterocycles. The Kier molecular flexibility index (Phi) is 5.23. The van der Waals surface area contributed by atoms with Crippen molar-refractivity contribution < 1.29 is 13.9 Å². The minimum atomic E-state index is 0.476. The first-order chi connectivity index (χ1) is 8.75. The van der Waals surface area contributed by atoms with Gasteiger partial charge in [-0.2, -0.15) is 0 Å². The lowest BCUT2D eigenvalue weighted by Crippen LogP contribution is -2.22. The monoisotopic (exact) mass is 253 g/mol. The third-order valence-electron chi connectivity index (χ3n) is 3.15. The van der Waals surface area contributed by atoms with Gasteiger partial charge in [0.15, 0.2) is 0 Å². The van der Waals surface area contributed by atoms with Crippen molar-refractivity contribution in [3.8, 4) is 0 Å². The molecule has 0 saturated carbocycles. The van der Waals surface area contributed by atoms with Gasteiger partial charge in [-0.05, 0) is 12.5 Å². The highest BCUT2D eigenvalue weighted by molar-refractivity contribution is 5.16. The Bertz CT molecular complexity index is 343. The Balaban J connectivity index is 1.72. The summed E-state index contributed by atoms with van der Waals surface area (Å²) >= 11 is 0. The van der Waals surface area contributed by atoms with Crippen LogP contribution in [0.25, 0.3) is 0 Å². The van der Waals surface area contributed by atoms with E-state index >= 15 is 0 Å². The highest BCUT2D eigenvalue weighted by atomic mass is 16.5. The highest BCUT2D eigenvalue weighted by Crippen LogP contribution is 2.15. The van der Waals surface area contributed by atoms with Crippen molar-refractivity contribution in [1.82, 2.24) is 5.32 Å². The van der Waals surface area contributed by atoms with Gasteiger partial charge < -0.3 is 19.2 Å². The van der Waals surface area contributed by atoms with E-state index in [1.165, 1.54) is 5.56 Å². The van der Waals surface area contributed by atoms with Crippen LogP contribution in [0.15, 0.2) is 16.7 Å². The SMILES string of the molecule is CC(C)NCc1ccoc1COCC1CCOC1. The minimum Gasteiger partial charge on any atom is -0.467 e. The fraction of sp³-hybridized carbons (Fsp3) is 0.714. The quantitative estimate of drug-likeness (QED) is 0.810. The molecule has 102 valence electrons. The van der Waals surface area contributed by atoms with E-state index in [0.717, 1.165) is 38.5 Å². The first-order valence-electron chi connectivity index (χ1n) is 6.70. The summed E-state index contributed by atoms with van der Waals surface area (Å²) in [7, 11) is 0. The smallest absolute Gasteiger partial charge is 0.133 e. The first-order valence-corrected chi connectivity index (χ1v) is 6.70. The van der Waals surface area contributed by atoms with Crippen molar-refractivity contribution in [2.45, 2.75) is 39.5 Å². The predicted octanol–water partition coefficient (Wildman–Crippen LogP) is 2.33. The summed E-state index contributed by atoms with van der Waals surface area (Å²) in [4.78, 5) is 0. The summed E-state index contributed by atoms with van der Waals surface area (Å²) in [6, 6.07) is 2.48. The molecular formula is C14H23NO3. The van der Waals surface area contributed by atoms with Crippen LogP contribution in [0.1, 0.15) is 31.6 Å². The molecule has 4 heteroatoms. The van der Waals surface area contributed by atoms with Crippen molar-refractivity contribution >= 4 is 0 Å². The van der Waals surface area contributed by atoms with Crippen LogP contribution >= 0.6 is 0 Å². The second-order valence-electron chi connectivity index (χ2n) is 5.15. The van der Waals surface area contributed by atoms with Crippen LogP contribution in [0.4, 0.5) is 0 Å². The Morgan fingerprint density at radius 1 is 1.50 bits per heavy atom. The molecule has 0 bridgehead atoms. The highest BCUT2D eigenvalue weighted by Gasteiger charge is 2.16. The Morgan fingerprint density at radius 2 is 2.39 bits per heavy atom. The van der Waals surface area contributed by atoms with Gasteiger partial charge in [-0.15, -0.1) is 0 Å². The maximum Gasteiger partial charge on any atom is 0.133 e. The topological polar surface area (TPSA) is 43.6 Å². The van der Waals surface area contributed by atoms with Gasteiger partial charge in [-0.25, -0.2) is 0 Å². The lowest BCUT2D eigenvalue weighted by Gasteiger charge is -2.10. The van der Waals surface area contributed by atoms with Crippen molar-refractivity contribution in [3.05, 3.63) is 23.7 Å². The summed E-state index contributed by atoms with van der Waals surface area (Å²) < 4.78 is 16.5. The van der Waals surface area contributed by atoms with Gasteiger partial charge in [0.1, 0.15) is 12.4 Å². The van der Waals surface area contributed by atoms with Crippen LogP contribution in [0.5, 0.6) is 0 Å². The lowest BCUT2D eigenvalue weighted by atomic mass is 10.1. The molecule has 1 fully saturated rings. The molecule has 0 aliphatic carbocycles. The van der Waals surface area contributed by atoms with E-state index in [0.29, 0.717) is 18.6 Å². The van der Waals surface area contributed by atoms with Crippen LogP contribution < -0.4 is 5.32 Å². The van der Waals surface area contributed by atoms with Gasteiger partial charge in [-0.3, -0.25) is 0 Å². The lowest BCUT2D eigenvalue weighted by molar-refractivity contribution is 0.0685. The fourth-order valence-corrected chi connectivity index (χ4v) is 2.00. The van der Waals surface area contributed by atoms with Gasteiger partial charge in [0.2, 0.25) is 0 Å². The molecule has 1 atom stereocenters. The zero-order valence-electron chi connectivity index (χ0n) is 11.3. The second kappa shape index (κ2) is 6.92. The van der Waals surface area contributed by atoms with Crippen LogP contribution in [-0.4, -0.2) is 25.9 Å². The third-order valence-corrected chi connectivity index (χ3v) is 3.15. The molecule has 1 aliphatic rings. The standard InChI is InChI=1S/C14H23NO3/c1-11(2)15-7-13-4-6-18-14(13)10-17-9-12-3-5-16-8-12/h4,6,11-12,15H,3,5,7-10H2,1-2H3. The van der Waals surface area contributed by atoms with Crippen LogP contribution in [-0.2, 0) is 22.6 Å². The summed E-state index contributed by atoms with van der Waals surface area (Å²) in [6.07, 6.45) is 2.84. The molecule has 4 nitrogen and oxygen atoms in total. The van der Waals surface area contributed by atoms with Gasteiger partial charge in [0, 0.05) is 30.7 Å². The molecule has 1 aromatic heterocycles. The molecule has 1 saturated heterocycles. The molecule has 1 N–H and O–H groups in total. The summed E-state index contributed by atoms with van der Waals surface area (Å²) in [6.45, 7) is 8.13. The molecule has 0 aromatic carbocycles. The Labute approximate surface area is 109 Å². The molecule has 1 unspecified atom stereocenters. The van der Waals surface area contributed by atoms with E-state index in [-0.39, 0.29) is 0 Å². The fourth-order valence-electron chi connectivity index (χ4n) is 2.00. The molecule has 0 radical (unpaired) electrons. The third kappa shape index (κ3) is 4.12. The molecule has 0 amide bonds. The molecule has 2 rings (SSSR count). The molecular weight excluding hydrogens is 230 g/mol. The van der Waals surface area contributed by atoms with E-state index in [1.54, 1.807) is 6.26 Å². The Hall–Kier alpha value is -0.840. The maximum absolute atomic E-state index is 5.71. The normalized spacial score (nSPS) is 19.8. The van der Waals surface area contributed by atoms with E-state index in [9.17, 15) is 0 Å². The average Bonchev–Trinajstić information content (AvgIpc) is 2.97. The molecule has 1 aromatic rings. The second-order valence-corrected chi connectivity index (χ2v) is 5.15. The minimum absolute atomic E-state index is 0.476.